The molecular formula is C21H26N4O3. The van der Waals surface area contributed by atoms with E-state index in [9.17, 15) is 9.59 Å². The summed E-state index contributed by atoms with van der Waals surface area (Å²) in [6.07, 6.45) is 2.14. The highest BCUT2D eigenvalue weighted by molar-refractivity contribution is 5.87. The van der Waals surface area contributed by atoms with Crippen LogP contribution < -0.4 is 20.3 Å². The minimum Gasteiger partial charge on any atom is -0.461 e. The predicted octanol–water partition coefficient (Wildman–Crippen LogP) is 1.76. The second-order valence-corrected chi connectivity index (χ2v) is 7.33. The van der Waals surface area contributed by atoms with E-state index in [1.54, 1.807) is 13.1 Å². The van der Waals surface area contributed by atoms with Gasteiger partial charge in [-0.25, -0.2) is 4.98 Å². The van der Waals surface area contributed by atoms with Gasteiger partial charge >= 0.3 is 0 Å². The van der Waals surface area contributed by atoms with Crippen molar-refractivity contribution in [2.75, 3.05) is 32.1 Å². The molecule has 2 aromatic rings. The maximum absolute atomic E-state index is 12.7. The highest BCUT2D eigenvalue weighted by Crippen LogP contribution is 2.39. The SMILES string of the molecule is CC(=O)NCCNC(=O)C1(C)Cc2c(-c3ccc(N(C)C)cc3)ccnc2O1. The molecule has 2 heterocycles. The third-order valence-electron chi connectivity index (χ3n) is 4.81. The molecule has 1 unspecified atom stereocenters. The first-order valence-corrected chi connectivity index (χ1v) is 9.27. The highest BCUT2D eigenvalue weighted by Gasteiger charge is 2.43. The van der Waals surface area contributed by atoms with E-state index >= 15 is 0 Å². The Balaban J connectivity index is 1.76. The molecule has 3 rings (SSSR count). The van der Waals surface area contributed by atoms with Crippen molar-refractivity contribution in [2.45, 2.75) is 25.9 Å². The summed E-state index contributed by atoms with van der Waals surface area (Å²) in [5.74, 6) is 0.151. The molecular weight excluding hydrogens is 356 g/mol. The predicted molar refractivity (Wildman–Crippen MR) is 108 cm³/mol. The van der Waals surface area contributed by atoms with Crippen LogP contribution in [0, 0.1) is 0 Å². The number of benzene rings is 1. The zero-order valence-electron chi connectivity index (χ0n) is 16.7. The molecule has 7 heteroatoms. The number of nitrogens with zero attached hydrogens (tertiary/aromatic N) is 2. The van der Waals surface area contributed by atoms with Crippen molar-refractivity contribution < 1.29 is 14.3 Å². The number of anilines is 1. The number of pyridine rings is 1. The summed E-state index contributed by atoms with van der Waals surface area (Å²) in [5.41, 5.74) is 3.10. The van der Waals surface area contributed by atoms with E-state index in [4.69, 9.17) is 4.74 Å². The van der Waals surface area contributed by atoms with Crippen molar-refractivity contribution in [3.8, 4) is 17.0 Å². The van der Waals surface area contributed by atoms with Crippen LogP contribution in [0.4, 0.5) is 5.69 Å². The third-order valence-corrected chi connectivity index (χ3v) is 4.81. The maximum atomic E-state index is 12.7. The summed E-state index contributed by atoms with van der Waals surface area (Å²) in [6.45, 7) is 3.94. The molecule has 2 amide bonds. The number of rotatable bonds is 6. The first-order valence-electron chi connectivity index (χ1n) is 9.27. The van der Waals surface area contributed by atoms with Crippen molar-refractivity contribution in [1.29, 1.82) is 0 Å². The summed E-state index contributed by atoms with van der Waals surface area (Å²) >= 11 is 0. The number of carbonyl (C=O) groups is 2. The van der Waals surface area contributed by atoms with Crippen LogP contribution in [0.15, 0.2) is 36.5 Å². The van der Waals surface area contributed by atoms with E-state index < -0.39 is 5.60 Å². The van der Waals surface area contributed by atoms with E-state index in [1.165, 1.54) is 6.92 Å². The molecule has 0 bridgehead atoms. The van der Waals surface area contributed by atoms with Crippen LogP contribution >= 0.6 is 0 Å². The van der Waals surface area contributed by atoms with Crippen molar-refractivity contribution >= 4 is 17.5 Å². The first-order chi connectivity index (χ1) is 13.3. The van der Waals surface area contributed by atoms with Gasteiger partial charge in [0.05, 0.1) is 0 Å². The second-order valence-electron chi connectivity index (χ2n) is 7.33. The van der Waals surface area contributed by atoms with Gasteiger partial charge < -0.3 is 20.3 Å². The molecule has 0 saturated carbocycles. The fourth-order valence-electron chi connectivity index (χ4n) is 3.26. The minimum absolute atomic E-state index is 0.126. The van der Waals surface area contributed by atoms with Gasteiger partial charge in [0.25, 0.3) is 5.91 Å². The Morgan fingerprint density at radius 2 is 1.82 bits per heavy atom. The van der Waals surface area contributed by atoms with Crippen LogP contribution in [0.3, 0.4) is 0 Å². The van der Waals surface area contributed by atoms with Crippen LogP contribution in [-0.4, -0.2) is 49.6 Å². The van der Waals surface area contributed by atoms with E-state index in [-0.39, 0.29) is 11.8 Å². The molecule has 0 fully saturated rings. The Morgan fingerprint density at radius 3 is 2.46 bits per heavy atom. The average Bonchev–Trinajstić information content (AvgIpc) is 3.02. The van der Waals surface area contributed by atoms with Crippen molar-refractivity contribution in [3.05, 3.63) is 42.1 Å². The lowest BCUT2D eigenvalue weighted by atomic mass is 9.93. The monoisotopic (exact) mass is 382 g/mol. The Hall–Kier alpha value is -3.09. The Labute approximate surface area is 165 Å². The molecule has 0 radical (unpaired) electrons. The molecule has 1 aromatic heterocycles. The lowest BCUT2D eigenvalue weighted by molar-refractivity contribution is -0.134. The smallest absolute Gasteiger partial charge is 0.264 e. The van der Waals surface area contributed by atoms with Crippen LogP contribution in [0.5, 0.6) is 5.88 Å². The summed E-state index contributed by atoms with van der Waals surface area (Å²) in [7, 11) is 4.01. The lowest BCUT2D eigenvalue weighted by Gasteiger charge is -2.22. The molecule has 148 valence electrons. The molecule has 0 spiro atoms. The quantitative estimate of drug-likeness (QED) is 0.744. The van der Waals surface area contributed by atoms with Crippen LogP contribution in [0.1, 0.15) is 19.4 Å². The second kappa shape index (κ2) is 7.88. The largest absolute Gasteiger partial charge is 0.461 e. The van der Waals surface area contributed by atoms with Gasteiger partial charge in [0, 0.05) is 58.0 Å². The van der Waals surface area contributed by atoms with Gasteiger partial charge in [0.1, 0.15) is 0 Å². The average molecular weight is 382 g/mol. The number of nitrogens with one attached hydrogen (secondary N) is 2. The molecule has 7 nitrogen and oxygen atoms in total. The number of aromatic nitrogens is 1. The number of hydrogen-bond acceptors (Lipinski definition) is 5. The molecule has 0 saturated heterocycles. The summed E-state index contributed by atoms with van der Waals surface area (Å²) in [4.78, 5) is 30.0. The van der Waals surface area contributed by atoms with Crippen LogP contribution in [0.25, 0.3) is 11.1 Å². The van der Waals surface area contributed by atoms with Crippen molar-refractivity contribution in [1.82, 2.24) is 15.6 Å². The van der Waals surface area contributed by atoms with E-state index in [2.05, 4.69) is 39.9 Å². The van der Waals surface area contributed by atoms with Gasteiger partial charge in [-0.3, -0.25) is 9.59 Å². The van der Waals surface area contributed by atoms with Crippen LogP contribution in [0.2, 0.25) is 0 Å². The third kappa shape index (κ3) is 4.08. The molecule has 1 aromatic carbocycles. The molecule has 0 aliphatic carbocycles. The Bertz CT molecular complexity index is 880. The maximum Gasteiger partial charge on any atom is 0.264 e. The number of ether oxygens (including phenoxy) is 1. The van der Waals surface area contributed by atoms with Crippen LogP contribution in [-0.2, 0) is 16.0 Å². The normalized spacial score (nSPS) is 17.4. The summed E-state index contributed by atoms with van der Waals surface area (Å²) in [6, 6.07) is 10.2. The summed E-state index contributed by atoms with van der Waals surface area (Å²) in [5, 5.41) is 5.48. The van der Waals surface area contributed by atoms with E-state index in [0.29, 0.717) is 25.4 Å². The van der Waals surface area contributed by atoms with Gasteiger partial charge in [-0.1, -0.05) is 12.1 Å². The molecule has 2 N–H and O–H groups in total. The van der Waals surface area contributed by atoms with Gasteiger partial charge in [-0.05, 0) is 36.2 Å². The first kappa shape index (κ1) is 19.7. The van der Waals surface area contributed by atoms with Crippen molar-refractivity contribution in [3.63, 3.8) is 0 Å². The Morgan fingerprint density at radius 1 is 1.14 bits per heavy atom. The van der Waals surface area contributed by atoms with Gasteiger partial charge in [0.15, 0.2) is 5.60 Å². The lowest BCUT2D eigenvalue weighted by Crippen LogP contribution is -2.49. The fourth-order valence-corrected chi connectivity index (χ4v) is 3.26. The molecule has 1 aliphatic rings. The van der Waals surface area contributed by atoms with Gasteiger partial charge in [-0.15, -0.1) is 0 Å². The van der Waals surface area contributed by atoms with Gasteiger partial charge in [-0.2, -0.15) is 0 Å². The van der Waals surface area contributed by atoms with Gasteiger partial charge in [0.2, 0.25) is 11.8 Å². The summed E-state index contributed by atoms with van der Waals surface area (Å²) < 4.78 is 5.94. The fraction of sp³-hybridized carbons (Fsp3) is 0.381. The minimum atomic E-state index is -1.02. The topological polar surface area (TPSA) is 83.6 Å². The highest BCUT2D eigenvalue weighted by atomic mass is 16.5. The standard InChI is InChI=1S/C21H26N4O3/c1-14(26)22-11-12-24-20(27)21(2)13-18-17(9-10-23-19(18)28-21)15-5-7-16(8-6-15)25(3)4/h5-10H,11-13H2,1-4H3,(H,22,26)(H,24,27). The van der Waals surface area contributed by atoms with E-state index in [0.717, 1.165) is 22.4 Å². The number of fused-ring (bicyclic) bond motifs is 1. The molecule has 28 heavy (non-hydrogen) atoms. The molecule has 1 atom stereocenters. The Kier molecular flexibility index (Phi) is 5.53. The number of hydrogen-bond donors (Lipinski definition) is 2. The zero-order valence-corrected chi connectivity index (χ0v) is 16.7. The van der Waals surface area contributed by atoms with E-state index in [1.807, 2.05) is 25.1 Å². The number of amides is 2. The molecule has 1 aliphatic heterocycles. The van der Waals surface area contributed by atoms with Crippen molar-refractivity contribution in [2.24, 2.45) is 0 Å². The number of carbonyl (C=O) groups excluding carboxylic acids is 2. The zero-order chi connectivity index (χ0) is 20.3.